The molecule has 0 saturated carbocycles. The lowest BCUT2D eigenvalue weighted by Gasteiger charge is -2.33. The van der Waals surface area contributed by atoms with E-state index in [1.165, 1.54) is 5.56 Å². The first-order valence-electron chi connectivity index (χ1n) is 8.43. The van der Waals surface area contributed by atoms with Crippen LogP contribution in [0.3, 0.4) is 0 Å². The highest BCUT2D eigenvalue weighted by Crippen LogP contribution is 2.29. The Labute approximate surface area is 142 Å². The summed E-state index contributed by atoms with van der Waals surface area (Å²) in [5.41, 5.74) is 1.23. The van der Waals surface area contributed by atoms with Crippen LogP contribution in [-0.2, 0) is 4.79 Å². The van der Waals surface area contributed by atoms with Crippen LogP contribution in [0.1, 0.15) is 31.2 Å². The average Bonchev–Trinajstić information content (AvgIpc) is 2.63. The number of phenols is 1. The Hall–Kier alpha value is -2.49. The van der Waals surface area contributed by atoms with Crippen molar-refractivity contribution in [2.75, 3.05) is 13.1 Å². The van der Waals surface area contributed by atoms with E-state index in [2.05, 4.69) is 0 Å². The van der Waals surface area contributed by atoms with Gasteiger partial charge in [0.1, 0.15) is 11.5 Å². The third-order valence-corrected chi connectivity index (χ3v) is 4.57. The molecule has 3 rings (SSSR count). The molecule has 0 aromatic heterocycles. The fourth-order valence-corrected chi connectivity index (χ4v) is 3.19. The van der Waals surface area contributed by atoms with Crippen LogP contribution in [0, 0.1) is 0 Å². The second-order valence-corrected chi connectivity index (χ2v) is 6.26. The van der Waals surface area contributed by atoms with E-state index in [1.54, 1.807) is 19.1 Å². The highest BCUT2D eigenvalue weighted by molar-refractivity contribution is 5.81. The van der Waals surface area contributed by atoms with E-state index in [0.717, 1.165) is 31.7 Å². The number of hydrogen-bond donors (Lipinski definition) is 1. The van der Waals surface area contributed by atoms with Crippen molar-refractivity contribution in [3.05, 3.63) is 60.2 Å². The van der Waals surface area contributed by atoms with Gasteiger partial charge in [0.25, 0.3) is 5.91 Å². The molecule has 2 aromatic carbocycles. The van der Waals surface area contributed by atoms with Crippen molar-refractivity contribution in [1.82, 2.24) is 4.90 Å². The summed E-state index contributed by atoms with van der Waals surface area (Å²) in [6, 6.07) is 16.8. The minimum atomic E-state index is -0.474. The van der Waals surface area contributed by atoms with E-state index in [-0.39, 0.29) is 5.91 Å². The van der Waals surface area contributed by atoms with Crippen LogP contribution < -0.4 is 4.74 Å². The van der Waals surface area contributed by atoms with Crippen LogP contribution in [0.5, 0.6) is 11.5 Å². The van der Waals surface area contributed by atoms with Crippen molar-refractivity contribution in [2.24, 2.45) is 0 Å². The molecule has 1 saturated heterocycles. The normalized spacial score (nSPS) is 16.6. The van der Waals surface area contributed by atoms with Gasteiger partial charge in [0.15, 0.2) is 6.10 Å². The predicted molar refractivity (Wildman–Crippen MR) is 93.2 cm³/mol. The summed E-state index contributed by atoms with van der Waals surface area (Å²) in [6.45, 7) is 3.29. The molecular weight excluding hydrogens is 302 g/mol. The molecule has 1 heterocycles. The standard InChI is InChI=1S/C20H23NO3/c1-15(24-19-5-3-2-4-6-19)20(23)21-13-11-17(12-14-21)16-7-9-18(22)10-8-16/h2-10,15,17,22H,11-14H2,1H3. The van der Waals surface area contributed by atoms with Gasteiger partial charge in [-0.2, -0.15) is 0 Å². The van der Waals surface area contributed by atoms with Crippen LogP contribution in [-0.4, -0.2) is 35.1 Å². The van der Waals surface area contributed by atoms with Crippen molar-refractivity contribution in [1.29, 1.82) is 0 Å². The quantitative estimate of drug-likeness (QED) is 0.935. The summed E-state index contributed by atoms with van der Waals surface area (Å²) in [5, 5.41) is 9.39. The molecule has 1 aliphatic rings. The molecule has 0 spiro atoms. The summed E-state index contributed by atoms with van der Waals surface area (Å²) in [6.07, 6.45) is 1.40. The molecule has 1 unspecified atom stereocenters. The number of phenolic OH excluding ortho intramolecular Hbond substituents is 1. The number of para-hydroxylation sites is 1. The van der Waals surface area contributed by atoms with Gasteiger partial charge in [-0.25, -0.2) is 0 Å². The van der Waals surface area contributed by atoms with Crippen molar-refractivity contribution in [3.8, 4) is 11.5 Å². The number of hydrogen-bond acceptors (Lipinski definition) is 3. The monoisotopic (exact) mass is 325 g/mol. The predicted octanol–water partition coefficient (Wildman–Crippen LogP) is 3.57. The zero-order chi connectivity index (χ0) is 16.9. The topological polar surface area (TPSA) is 49.8 Å². The Morgan fingerprint density at radius 1 is 1.08 bits per heavy atom. The second-order valence-electron chi connectivity index (χ2n) is 6.26. The molecule has 24 heavy (non-hydrogen) atoms. The first-order valence-corrected chi connectivity index (χ1v) is 8.43. The van der Waals surface area contributed by atoms with Gasteiger partial charge in [0.2, 0.25) is 0 Å². The van der Waals surface area contributed by atoms with Gasteiger partial charge in [0, 0.05) is 13.1 Å². The van der Waals surface area contributed by atoms with Gasteiger partial charge in [0.05, 0.1) is 0 Å². The first kappa shape index (κ1) is 16.4. The Kier molecular flexibility index (Phi) is 5.04. The van der Waals surface area contributed by atoms with Crippen molar-refractivity contribution in [2.45, 2.75) is 31.8 Å². The molecule has 1 atom stereocenters. The van der Waals surface area contributed by atoms with Gasteiger partial charge in [-0.15, -0.1) is 0 Å². The van der Waals surface area contributed by atoms with E-state index in [9.17, 15) is 9.90 Å². The van der Waals surface area contributed by atoms with Gasteiger partial charge >= 0.3 is 0 Å². The minimum Gasteiger partial charge on any atom is -0.508 e. The number of likely N-dealkylation sites (tertiary alicyclic amines) is 1. The zero-order valence-corrected chi connectivity index (χ0v) is 13.9. The van der Waals surface area contributed by atoms with Crippen molar-refractivity contribution in [3.63, 3.8) is 0 Å². The summed E-state index contributed by atoms with van der Waals surface area (Å²) in [7, 11) is 0. The minimum absolute atomic E-state index is 0.0445. The van der Waals surface area contributed by atoms with Gasteiger partial charge in [-0.3, -0.25) is 4.79 Å². The lowest BCUT2D eigenvalue weighted by molar-refractivity contribution is -0.139. The number of amides is 1. The summed E-state index contributed by atoms with van der Waals surface area (Å²) in [4.78, 5) is 14.5. The van der Waals surface area contributed by atoms with E-state index < -0.39 is 6.10 Å². The molecule has 0 aliphatic carbocycles. The maximum absolute atomic E-state index is 12.6. The molecule has 2 aromatic rings. The highest BCUT2D eigenvalue weighted by Gasteiger charge is 2.27. The summed E-state index contributed by atoms with van der Waals surface area (Å²) in [5.74, 6) is 1.50. The summed E-state index contributed by atoms with van der Waals surface area (Å²) < 4.78 is 5.74. The molecule has 126 valence electrons. The number of piperidine rings is 1. The van der Waals surface area contributed by atoms with Crippen molar-refractivity contribution >= 4 is 5.91 Å². The molecule has 1 fully saturated rings. The second kappa shape index (κ2) is 7.39. The molecule has 1 N–H and O–H groups in total. The van der Waals surface area contributed by atoms with Gasteiger partial charge in [-0.1, -0.05) is 30.3 Å². The number of carbonyl (C=O) groups excluding carboxylic acids is 1. The Balaban J connectivity index is 1.54. The largest absolute Gasteiger partial charge is 0.508 e. The Bertz CT molecular complexity index is 661. The van der Waals surface area contributed by atoms with Gasteiger partial charge < -0.3 is 14.7 Å². The number of ether oxygens (including phenoxy) is 1. The van der Waals surface area contributed by atoms with E-state index in [1.807, 2.05) is 47.4 Å². The smallest absolute Gasteiger partial charge is 0.263 e. The lowest BCUT2D eigenvalue weighted by atomic mass is 9.89. The molecule has 0 radical (unpaired) electrons. The first-order chi connectivity index (χ1) is 11.6. The number of benzene rings is 2. The van der Waals surface area contributed by atoms with Crippen LogP contribution >= 0.6 is 0 Å². The van der Waals surface area contributed by atoms with Gasteiger partial charge in [-0.05, 0) is 55.5 Å². The zero-order valence-electron chi connectivity index (χ0n) is 13.9. The summed E-state index contributed by atoms with van der Waals surface area (Å²) >= 11 is 0. The fourth-order valence-electron chi connectivity index (χ4n) is 3.19. The third-order valence-electron chi connectivity index (χ3n) is 4.57. The molecule has 4 heteroatoms. The molecule has 4 nitrogen and oxygen atoms in total. The molecule has 1 amide bonds. The van der Waals surface area contributed by atoms with Crippen LogP contribution in [0.4, 0.5) is 0 Å². The fraction of sp³-hybridized carbons (Fsp3) is 0.350. The van der Waals surface area contributed by atoms with Crippen LogP contribution in [0.2, 0.25) is 0 Å². The number of rotatable bonds is 4. The molecule has 1 aliphatic heterocycles. The van der Waals surface area contributed by atoms with Crippen LogP contribution in [0.15, 0.2) is 54.6 Å². The van der Waals surface area contributed by atoms with Crippen LogP contribution in [0.25, 0.3) is 0 Å². The maximum atomic E-state index is 12.6. The Morgan fingerprint density at radius 3 is 2.33 bits per heavy atom. The number of nitrogens with zero attached hydrogens (tertiary/aromatic N) is 1. The van der Waals surface area contributed by atoms with Crippen molar-refractivity contribution < 1.29 is 14.6 Å². The van der Waals surface area contributed by atoms with E-state index in [0.29, 0.717) is 11.7 Å². The number of carbonyl (C=O) groups is 1. The SMILES string of the molecule is CC(Oc1ccccc1)C(=O)N1CCC(c2ccc(O)cc2)CC1. The average molecular weight is 325 g/mol. The molecular formula is C20H23NO3. The van der Waals surface area contributed by atoms with E-state index in [4.69, 9.17) is 4.74 Å². The number of aromatic hydroxyl groups is 1. The Morgan fingerprint density at radius 2 is 1.71 bits per heavy atom. The maximum Gasteiger partial charge on any atom is 0.263 e. The third kappa shape index (κ3) is 3.88. The highest BCUT2D eigenvalue weighted by atomic mass is 16.5. The lowest BCUT2D eigenvalue weighted by Crippen LogP contribution is -2.44. The van der Waals surface area contributed by atoms with E-state index >= 15 is 0 Å². The molecule has 0 bridgehead atoms.